The van der Waals surface area contributed by atoms with E-state index in [1.54, 1.807) is 0 Å². The molecule has 2 nitrogen and oxygen atoms in total. The summed E-state index contributed by atoms with van der Waals surface area (Å²) in [5.74, 6) is -0.648. The molecule has 0 bridgehead atoms. The Morgan fingerprint density at radius 3 is 2.50 bits per heavy atom. The maximum Gasteiger partial charge on any atom is 0.308 e. The summed E-state index contributed by atoms with van der Waals surface area (Å²) in [6, 6.07) is 0. The number of hydrogen-bond donors (Lipinski definition) is 0. The van der Waals surface area contributed by atoms with Gasteiger partial charge in [0.25, 0.3) is 0 Å². The van der Waals surface area contributed by atoms with Crippen molar-refractivity contribution < 1.29 is 9.53 Å². The van der Waals surface area contributed by atoms with Gasteiger partial charge in [-0.15, -0.1) is 0 Å². The van der Waals surface area contributed by atoms with Gasteiger partial charge < -0.3 is 4.74 Å². The summed E-state index contributed by atoms with van der Waals surface area (Å²) in [6.45, 7) is 6.21. The number of alkyl halides is 1. The zero-order valence-electron chi connectivity index (χ0n) is 4.26. The molecule has 1 unspecified atom stereocenters. The summed E-state index contributed by atoms with van der Waals surface area (Å²) in [6.07, 6.45) is 1.30. The average Bonchev–Trinajstić information content (AvgIpc) is 1.65. The lowest BCUT2D eigenvalue weighted by Crippen LogP contribution is -2.05. The molecule has 0 aromatic rings. The fraction of sp³-hybridized carbons (Fsp3) is 0.200. The Hall–Kier alpha value is -0.500. The zero-order chi connectivity index (χ0) is 6.57. The van der Waals surface area contributed by atoms with Crippen LogP contribution in [0.5, 0.6) is 0 Å². The van der Waals surface area contributed by atoms with Crippen molar-refractivity contribution in [2.24, 2.45) is 0 Å². The highest BCUT2D eigenvalue weighted by Gasteiger charge is 1.99. The lowest BCUT2D eigenvalue weighted by atomic mass is 10.7. The lowest BCUT2D eigenvalue weighted by molar-refractivity contribution is -0.138. The quantitative estimate of drug-likeness (QED) is 0.321. The number of carbonyl (C=O) groups excluding carboxylic acids is 1. The summed E-state index contributed by atoms with van der Waals surface area (Å²) in [7, 11) is 0. The molecule has 0 aliphatic rings. The molecule has 0 aromatic carbocycles. The van der Waals surface area contributed by atoms with Crippen molar-refractivity contribution in [1.29, 1.82) is 0 Å². The van der Waals surface area contributed by atoms with Crippen LogP contribution >= 0.6 is 11.6 Å². The summed E-state index contributed by atoms with van der Waals surface area (Å²) in [5, 5.41) is 0. The second-order valence-electron chi connectivity index (χ2n) is 1.08. The summed E-state index contributed by atoms with van der Waals surface area (Å²) in [5.41, 5.74) is -0.750. The van der Waals surface area contributed by atoms with E-state index in [1.165, 1.54) is 6.08 Å². The Bertz CT molecular complexity index is 101. The van der Waals surface area contributed by atoms with Gasteiger partial charge >= 0.3 is 5.97 Å². The van der Waals surface area contributed by atoms with Crippen molar-refractivity contribution in [2.45, 2.75) is 5.56 Å². The molecule has 1 atom stereocenters. The summed E-state index contributed by atoms with van der Waals surface area (Å²) >= 11 is 5.26. The van der Waals surface area contributed by atoms with Gasteiger partial charge in [-0.25, -0.2) is 0 Å². The number of halogens is 1. The Balaban J connectivity index is 3.38. The van der Waals surface area contributed by atoms with E-state index in [0.29, 0.717) is 0 Å². The van der Waals surface area contributed by atoms with Gasteiger partial charge in [0.15, 0.2) is 5.56 Å². The number of hydrogen-bond acceptors (Lipinski definition) is 2. The third kappa shape index (κ3) is 3.68. The van der Waals surface area contributed by atoms with Gasteiger partial charge in [-0.05, 0) is 6.08 Å². The van der Waals surface area contributed by atoms with E-state index in [9.17, 15) is 4.79 Å². The molecule has 0 saturated heterocycles. The Labute approximate surface area is 53.1 Å². The molecule has 0 rings (SSSR count). The first kappa shape index (κ1) is 7.50. The molecule has 0 saturated carbocycles. The second-order valence-corrected chi connectivity index (χ2v) is 1.51. The molecule has 1 radical (unpaired) electrons. The van der Waals surface area contributed by atoms with E-state index in [2.05, 4.69) is 18.2 Å². The highest BCUT2D eigenvalue weighted by molar-refractivity contribution is 6.21. The second kappa shape index (κ2) is 3.50. The lowest BCUT2D eigenvalue weighted by Gasteiger charge is -2.00. The van der Waals surface area contributed by atoms with Gasteiger partial charge in [-0.2, -0.15) is 0 Å². The van der Waals surface area contributed by atoms with Gasteiger partial charge in [0.1, 0.15) is 0 Å². The topological polar surface area (TPSA) is 26.3 Å². The van der Waals surface area contributed by atoms with Gasteiger partial charge in [0.2, 0.25) is 0 Å². The van der Waals surface area contributed by atoms with Crippen LogP contribution in [0, 0.1) is 6.92 Å². The zero-order valence-corrected chi connectivity index (χ0v) is 5.02. The van der Waals surface area contributed by atoms with E-state index in [4.69, 9.17) is 11.6 Å². The first-order valence-electron chi connectivity index (χ1n) is 1.96. The first-order valence-corrected chi connectivity index (χ1v) is 2.39. The Kier molecular flexibility index (Phi) is 3.28. The maximum absolute atomic E-state index is 9.95. The number of carbonyl (C=O) groups is 1. The molecule has 0 aliphatic heterocycles. The highest BCUT2D eigenvalue weighted by Crippen LogP contribution is 1.97. The molecule has 3 heteroatoms. The van der Waals surface area contributed by atoms with Crippen LogP contribution in [-0.4, -0.2) is 11.5 Å². The van der Waals surface area contributed by atoms with Gasteiger partial charge in [0, 0.05) is 0 Å². The maximum atomic E-state index is 9.95. The first-order chi connectivity index (χ1) is 3.66. The predicted molar refractivity (Wildman–Crippen MR) is 31.3 cm³/mol. The normalized spacial score (nSPS) is 12.2. The van der Waals surface area contributed by atoms with Crippen LogP contribution in [0.2, 0.25) is 0 Å². The largest absolute Gasteiger partial charge is 0.442 e. The van der Waals surface area contributed by atoms with Crippen molar-refractivity contribution in [3.05, 3.63) is 19.6 Å². The fourth-order valence-corrected chi connectivity index (χ4v) is 0.273. The molecule has 45 valence electrons. The molecule has 0 spiro atoms. The molecule has 8 heavy (non-hydrogen) atoms. The van der Waals surface area contributed by atoms with Crippen molar-refractivity contribution in [3.8, 4) is 0 Å². The molecule has 0 aromatic heterocycles. The predicted octanol–water partition coefficient (Wildman–Crippen LogP) is 1.11. The third-order valence-corrected chi connectivity index (χ3v) is 0.697. The number of esters is 1. The summed E-state index contributed by atoms with van der Waals surface area (Å²) in [4.78, 5) is 9.95. The number of ether oxygens (including phenoxy) is 1. The van der Waals surface area contributed by atoms with Gasteiger partial charge in [-0.3, -0.25) is 4.79 Å². The molecule has 0 N–H and O–H groups in total. The van der Waals surface area contributed by atoms with Crippen molar-refractivity contribution in [3.63, 3.8) is 0 Å². The van der Waals surface area contributed by atoms with E-state index < -0.39 is 11.5 Å². The van der Waals surface area contributed by atoms with Crippen molar-refractivity contribution in [2.75, 3.05) is 0 Å². The minimum Gasteiger partial charge on any atom is -0.442 e. The van der Waals surface area contributed by atoms with Crippen LogP contribution in [0.1, 0.15) is 0 Å². The summed E-state index contributed by atoms with van der Waals surface area (Å²) < 4.78 is 4.30. The van der Waals surface area contributed by atoms with Gasteiger partial charge in [-0.1, -0.05) is 18.2 Å². The van der Waals surface area contributed by atoms with Crippen LogP contribution in [0.3, 0.4) is 0 Å². The minimum atomic E-state index is -0.750. The van der Waals surface area contributed by atoms with Crippen molar-refractivity contribution in [1.82, 2.24) is 0 Å². The average molecular weight is 134 g/mol. The van der Waals surface area contributed by atoms with Crippen LogP contribution < -0.4 is 0 Å². The highest BCUT2D eigenvalue weighted by atomic mass is 35.5. The SMILES string of the molecule is [CH2]C(=O)OC(Cl)C=C. The van der Waals surface area contributed by atoms with E-state index >= 15 is 0 Å². The van der Waals surface area contributed by atoms with E-state index in [1.807, 2.05) is 0 Å². The van der Waals surface area contributed by atoms with E-state index in [0.717, 1.165) is 0 Å². The minimum absolute atomic E-state index is 0.648. The molecule has 0 amide bonds. The third-order valence-electron chi connectivity index (χ3n) is 0.429. The van der Waals surface area contributed by atoms with Crippen LogP contribution in [0.4, 0.5) is 0 Å². The van der Waals surface area contributed by atoms with Crippen LogP contribution in [-0.2, 0) is 9.53 Å². The Morgan fingerprint density at radius 2 is 2.38 bits per heavy atom. The van der Waals surface area contributed by atoms with E-state index in [-0.39, 0.29) is 0 Å². The van der Waals surface area contributed by atoms with Gasteiger partial charge in [0.05, 0.1) is 6.92 Å². The van der Waals surface area contributed by atoms with Crippen LogP contribution in [0.25, 0.3) is 0 Å². The standard InChI is InChI=1S/C5H6ClO2/c1-3-5(6)8-4(2)7/h3,5H,1-2H2. The molecular weight excluding hydrogens is 128 g/mol. The smallest absolute Gasteiger partial charge is 0.308 e. The Morgan fingerprint density at radius 1 is 1.88 bits per heavy atom. The molecule has 0 aliphatic carbocycles. The monoisotopic (exact) mass is 133 g/mol. The van der Waals surface area contributed by atoms with Crippen molar-refractivity contribution >= 4 is 17.6 Å². The van der Waals surface area contributed by atoms with Crippen LogP contribution in [0.15, 0.2) is 12.7 Å². The number of rotatable bonds is 2. The molecular formula is C5H6ClO2. The molecule has 0 heterocycles. The fourth-order valence-electron chi connectivity index (χ4n) is 0.174. The molecule has 0 fully saturated rings.